The number of fused-ring (bicyclic) bond motifs is 6. The maximum atomic E-state index is 12.7. The average molecular weight is 337 g/mol. The molecule has 0 fully saturated rings. The molecule has 0 saturated carbocycles. The number of rotatable bonds is 1. The van der Waals surface area contributed by atoms with Crippen LogP contribution in [0.15, 0.2) is 82.0 Å². The third-order valence-corrected chi connectivity index (χ3v) is 4.80. The van der Waals surface area contributed by atoms with Crippen LogP contribution in [0.4, 0.5) is 0 Å². The van der Waals surface area contributed by atoms with Gasteiger partial charge in [0.15, 0.2) is 11.3 Å². The predicted molar refractivity (Wildman–Crippen MR) is 105 cm³/mol. The van der Waals surface area contributed by atoms with Crippen LogP contribution >= 0.6 is 0 Å². The summed E-state index contributed by atoms with van der Waals surface area (Å²) in [5, 5.41) is 4.05. The minimum absolute atomic E-state index is 0.345. The lowest BCUT2D eigenvalue weighted by atomic mass is 10.00. The van der Waals surface area contributed by atoms with Gasteiger partial charge in [0.25, 0.3) is 0 Å². The van der Waals surface area contributed by atoms with Crippen molar-refractivity contribution >= 4 is 32.6 Å². The number of hydrogen-bond donors (Lipinski definition) is 0. The number of benzene rings is 4. The first-order valence-electron chi connectivity index (χ1n) is 8.54. The van der Waals surface area contributed by atoms with E-state index in [1.54, 1.807) is 0 Å². The Bertz CT molecular complexity index is 1350. The van der Waals surface area contributed by atoms with Gasteiger partial charge in [-0.25, -0.2) is 9.78 Å². The summed E-state index contributed by atoms with van der Waals surface area (Å²) < 4.78 is 5.78. The lowest BCUT2D eigenvalue weighted by Gasteiger charge is -2.09. The van der Waals surface area contributed by atoms with E-state index in [0.29, 0.717) is 11.3 Å². The van der Waals surface area contributed by atoms with E-state index >= 15 is 0 Å². The molecule has 5 rings (SSSR count). The Labute approximate surface area is 149 Å². The Kier molecular flexibility index (Phi) is 3.16. The maximum Gasteiger partial charge on any atom is 0.363 e. The second-order valence-electron chi connectivity index (χ2n) is 6.48. The van der Waals surface area contributed by atoms with E-state index in [0.717, 1.165) is 38.2 Å². The van der Waals surface area contributed by atoms with Crippen LogP contribution < -0.4 is 5.63 Å². The van der Waals surface area contributed by atoms with E-state index in [1.165, 1.54) is 0 Å². The van der Waals surface area contributed by atoms with Crippen molar-refractivity contribution in [3.63, 3.8) is 0 Å². The Hall–Kier alpha value is -3.46. The van der Waals surface area contributed by atoms with Crippen molar-refractivity contribution in [1.29, 1.82) is 0 Å². The van der Waals surface area contributed by atoms with Crippen LogP contribution in [-0.2, 0) is 0 Å². The normalized spacial score (nSPS) is 11.4. The van der Waals surface area contributed by atoms with Gasteiger partial charge >= 0.3 is 5.63 Å². The number of hydrogen-bond acceptors (Lipinski definition) is 3. The molecule has 0 saturated heterocycles. The van der Waals surface area contributed by atoms with E-state index < -0.39 is 5.63 Å². The fourth-order valence-corrected chi connectivity index (χ4v) is 3.50. The Morgan fingerprint density at radius 1 is 0.731 bits per heavy atom. The summed E-state index contributed by atoms with van der Waals surface area (Å²) in [7, 11) is 0. The van der Waals surface area contributed by atoms with Crippen LogP contribution in [0.2, 0.25) is 0 Å². The molecular weight excluding hydrogens is 322 g/mol. The van der Waals surface area contributed by atoms with Gasteiger partial charge in [-0.3, -0.25) is 0 Å². The minimum Gasteiger partial charge on any atom is -0.419 e. The highest BCUT2D eigenvalue weighted by molar-refractivity contribution is 6.22. The molecule has 0 atom stereocenters. The molecule has 0 radical (unpaired) electrons. The molecule has 0 unspecified atom stereocenters. The van der Waals surface area contributed by atoms with Gasteiger partial charge in [-0.1, -0.05) is 78.4 Å². The van der Waals surface area contributed by atoms with Gasteiger partial charge in [-0.15, -0.1) is 0 Å². The molecule has 26 heavy (non-hydrogen) atoms. The van der Waals surface area contributed by atoms with Gasteiger partial charge in [-0.2, -0.15) is 0 Å². The maximum absolute atomic E-state index is 12.7. The van der Waals surface area contributed by atoms with E-state index in [-0.39, 0.29) is 0 Å². The molecule has 3 nitrogen and oxygen atoms in total. The predicted octanol–water partition coefficient (Wildman–Crippen LogP) is 5.47. The first kappa shape index (κ1) is 14.8. The van der Waals surface area contributed by atoms with Gasteiger partial charge in [0, 0.05) is 16.3 Å². The number of aryl methyl sites for hydroxylation is 1. The Morgan fingerprint density at radius 3 is 2.00 bits per heavy atom. The lowest BCUT2D eigenvalue weighted by molar-refractivity contribution is 0.561. The molecule has 0 aliphatic heterocycles. The summed E-state index contributed by atoms with van der Waals surface area (Å²) in [4.78, 5) is 17.4. The van der Waals surface area contributed by atoms with Crippen LogP contribution in [0.5, 0.6) is 0 Å². The number of aromatic nitrogens is 1. The SMILES string of the molecule is Cc1ccc(-c2nc3c4ccccc4c4ccccc4c3oc2=O)cc1. The molecule has 0 amide bonds. The molecule has 1 aromatic heterocycles. The second-order valence-corrected chi connectivity index (χ2v) is 6.48. The molecule has 0 N–H and O–H groups in total. The zero-order valence-electron chi connectivity index (χ0n) is 14.2. The molecule has 3 heteroatoms. The van der Waals surface area contributed by atoms with Crippen molar-refractivity contribution in [2.24, 2.45) is 0 Å². The van der Waals surface area contributed by atoms with Crippen molar-refractivity contribution in [3.05, 3.63) is 88.8 Å². The molecule has 124 valence electrons. The molecule has 4 aromatic carbocycles. The summed E-state index contributed by atoms with van der Waals surface area (Å²) in [5.41, 5.74) is 3.09. The fourth-order valence-electron chi connectivity index (χ4n) is 3.50. The van der Waals surface area contributed by atoms with Gasteiger partial charge in [0.05, 0.1) is 0 Å². The van der Waals surface area contributed by atoms with Gasteiger partial charge in [-0.05, 0) is 17.7 Å². The number of nitrogens with zero attached hydrogens (tertiary/aromatic N) is 1. The molecular formula is C23H15NO2. The van der Waals surface area contributed by atoms with Gasteiger partial charge in [0.1, 0.15) is 5.52 Å². The van der Waals surface area contributed by atoms with E-state index in [9.17, 15) is 4.79 Å². The van der Waals surface area contributed by atoms with E-state index in [4.69, 9.17) is 9.40 Å². The topological polar surface area (TPSA) is 43.1 Å². The van der Waals surface area contributed by atoms with Crippen molar-refractivity contribution in [1.82, 2.24) is 4.98 Å². The summed E-state index contributed by atoms with van der Waals surface area (Å²) in [5.74, 6) is 0. The van der Waals surface area contributed by atoms with Crippen molar-refractivity contribution < 1.29 is 4.42 Å². The van der Waals surface area contributed by atoms with Crippen LogP contribution in [0.25, 0.3) is 43.9 Å². The highest BCUT2D eigenvalue weighted by Crippen LogP contribution is 2.34. The largest absolute Gasteiger partial charge is 0.419 e. The first-order valence-corrected chi connectivity index (χ1v) is 8.54. The van der Waals surface area contributed by atoms with Crippen LogP contribution in [0.3, 0.4) is 0 Å². The zero-order chi connectivity index (χ0) is 17.7. The van der Waals surface area contributed by atoms with Crippen LogP contribution in [-0.4, -0.2) is 4.98 Å². The molecule has 5 aromatic rings. The van der Waals surface area contributed by atoms with Crippen molar-refractivity contribution in [2.75, 3.05) is 0 Å². The van der Waals surface area contributed by atoms with Crippen molar-refractivity contribution in [2.45, 2.75) is 6.92 Å². The molecule has 0 spiro atoms. The molecule has 0 aliphatic rings. The highest BCUT2D eigenvalue weighted by atomic mass is 16.4. The van der Waals surface area contributed by atoms with Crippen molar-refractivity contribution in [3.8, 4) is 11.3 Å². The first-order chi connectivity index (χ1) is 12.7. The lowest BCUT2D eigenvalue weighted by Crippen LogP contribution is -2.06. The molecule has 0 aliphatic carbocycles. The Balaban J connectivity index is 1.97. The standard InChI is InChI=1S/C23H15NO2/c1-14-10-12-15(13-11-14)20-23(25)26-22-19-9-5-3-7-17(19)16-6-2-4-8-18(16)21(22)24-20/h2-13H,1H3. The quantitative estimate of drug-likeness (QED) is 0.381. The second kappa shape index (κ2) is 5.53. The summed E-state index contributed by atoms with van der Waals surface area (Å²) >= 11 is 0. The molecule has 0 bridgehead atoms. The highest BCUT2D eigenvalue weighted by Gasteiger charge is 2.15. The average Bonchev–Trinajstić information content (AvgIpc) is 2.69. The summed E-state index contributed by atoms with van der Waals surface area (Å²) in [6.45, 7) is 2.01. The summed E-state index contributed by atoms with van der Waals surface area (Å²) in [6, 6.07) is 23.8. The smallest absolute Gasteiger partial charge is 0.363 e. The molecule has 1 heterocycles. The van der Waals surface area contributed by atoms with Gasteiger partial charge in [0.2, 0.25) is 0 Å². The van der Waals surface area contributed by atoms with Gasteiger partial charge < -0.3 is 4.42 Å². The van der Waals surface area contributed by atoms with Crippen LogP contribution in [0.1, 0.15) is 5.56 Å². The third kappa shape index (κ3) is 2.14. The Morgan fingerprint density at radius 2 is 1.31 bits per heavy atom. The van der Waals surface area contributed by atoms with E-state index in [2.05, 4.69) is 6.07 Å². The third-order valence-electron chi connectivity index (χ3n) is 4.80. The van der Waals surface area contributed by atoms with Crippen LogP contribution in [0, 0.1) is 6.92 Å². The zero-order valence-corrected chi connectivity index (χ0v) is 14.2. The summed E-state index contributed by atoms with van der Waals surface area (Å²) in [6.07, 6.45) is 0. The fraction of sp³-hybridized carbons (Fsp3) is 0.0435. The van der Waals surface area contributed by atoms with E-state index in [1.807, 2.05) is 73.7 Å². The monoisotopic (exact) mass is 337 g/mol. The minimum atomic E-state index is -0.415.